The largest absolute Gasteiger partial charge is 0.354 e. The quantitative estimate of drug-likeness (QED) is 0.636. The molecule has 0 atom stereocenters. The number of carbonyl (C=O) groups is 2. The molecule has 0 saturated carbocycles. The minimum absolute atomic E-state index is 0.00153. The summed E-state index contributed by atoms with van der Waals surface area (Å²) in [7, 11) is 0. The highest BCUT2D eigenvalue weighted by Gasteiger charge is 2.09. The molecule has 0 radical (unpaired) electrons. The molecule has 27 heavy (non-hydrogen) atoms. The maximum atomic E-state index is 12.6. The van der Waals surface area contributed by atoms with Gasteiger partial charge in [0.05, 0.1) is 17.4 Å². The van der Waals surface area contributed by atoms with E-state index in [4.69, 9.17) is 0 Å². The molecule has 1 aromatic heterocycles. The molecule has 1 amide bonds. The van der Waals surface area contributed by atoms with Crippen LogP contribution in [0.3, 0.4) is 0 Å². The summed E-state index contributed by atoms with van der Waals surface area (Å²) >= 11 is 0. The van der Waals surface area contributed by atoms with Crippen molar-refractivity contribution in [2.45, 2.75) is 20.8 Å². The molecule has 0 aliphatic heterocycles. The van der Waals surface area contributed by atoms with Crippen molar-refractivity contribution in [1.29, 1.82) is 0 Å². The maximum absolute atomic E-state index is 12.6. The highest BCUT2D eigenvalue weighted by Crippen LogP contribution is 2.20. The number of Topliss-reactive ketones (excluding diaryl/α,β-unsaturated/α-hetero) is 1. The molecule has 0 aliphatic carbocycles. The van der Waals surface area contributed by atoms with E-state index in [-0.39, 0.29) is 11.7 Å². The first kappa shape index (κ1) is 18.3. The van der Waals surface area contributed by atoms with Gasteiger partial charge in [-0.3, -0.25) is 14.6 Å². The van der Waals surface area contributed by atoms with Gasteiger partial charge in [-0.05, 0) is 62.2 Å². The van der Waals surface area contributed by atoms with Gasteiger partial charge in [-0.25, -0.2) is 0 Å². The Morgan fingerprint density at radius 2 is 1.52 bits per heavy atom. The van der Waals surface area contributed by atoms with Crippen molar-refractivity contribution in [2.75, 3.05) is 10.6 Å². The zero-order chi connectivity index (χ0) is 19.4. The van der Waals surface area contributed by atoms with E-state index in [2.05, 4.69) is 21.7 Å². The second kappa shape index (κ2) is 7.83. The molecule has 136 valence electrons. The third kappa shape index (κ3) is 4.79. The average Bonchev–Trinajstić information content (AvgIpc) is 2.61. The molecule has 0 unspecified atom stereocenters. The number of ketones is 1. The first-order valence-electron chi connectivity index (χ1n) is 8.63. The van der Waals surface area contributed by atoms with E-state index < -0.39 is 0 Å². The lowest BCUT2D eigenvalue weighted by atomic mass is 10.1. The maximum Gasteiger partial charge on any atom is 0.257 e. The molecular formula is C22H21N3O2. The Morgan fingerprint density at radius 3 is 2.22 bits per heavy atom. The third-order valence-corrected chi connectivity index (χ3v) is 4.04. The van der Waals surface area contributed by atoms with Crippen molar-refractivity contribution >= 4 is 28.8 Å². The minimum atomic E-state index is -0.228. The minimum Gasteiger partial charge on any atom is -0.354 e. The van der Waals surface area contributed by atoms with Crippen LogP contribution in [0.5, 0.6) is 0 Å². The molecule has 0 aliphatic rings. The Hall–Kier alpha value is -3.47. The molecule has 3 aromatic rings. The summed E-state index contributed by atoms with van der Waals surface area (Å²) < 4.78 is 0. The van der Waals surface area contributed by atoms with E-state index in [0.29, 0.717) is 16.8 Å². The summed E-state index contributed by atoms with van der Waals surface area (Å²) in [4.78, 5) is 28.2. The molecule has 0 fully saturated rings. The van der Waals surface area contributed by atoms with Gasteiger partial charge in [0.15, 0.2) is 5.78 Å². The van der Waals surface area contributed by atoms with Crippen molar-refractivity contribution in [3.63, 3.8) is 0 Å². The summed E-state index contributed by atoms with van der Waals surface area (Å²) in [5.74, 6) is -0.230. The van der Waals surface area contributed by atoms with Gasteiger partial charge in [0.2, 0.25) is 0 Å². The Labute approximate surface area is 158 Å². The molecule has 5 nitrogen and oxygen atoms in total. The normalized spacial score (nSPS) is 10.3. The lowest BCUT2D eigenvalue weighted by Gasteiger charge is -2.10. The standard InChI is InChI=1S/C22H21N3O2/c1-14-7-15(2)9-20(8-14)25-22(27)18-11-21(13-23-12-18)24-19-6-4-5-17(10-19)16(3)26/h4-13,24H,1-3H3,(H,25,27). The molecule has 0 spiro atoms. The van der Waals surface area contributed by atoms with Crippen LogP contribution in [0.25, 0.3) is 0 Å². The number of aryl methyl sites for hydroxylation is 2. The number of nitrogens with one attached hydrogen (secondary N) is 2. The Kier molecular flexibility index (Phi) is 5.31. The summed E-state index contributed by atoms with van der Waals surface area (Å²) in [6.45, 7) is 5.51. The monoisotopic (exact) mass is 359 g/mol. The van der Waals surface area contributed by atoms with Gasteiger partial charge in [-0.15, -0.1) is 0 Å². The first-order valence-corrected chi connectivity index (χ1v) is 8.63. The van der Waals surface area contributed by atoms with Gasteiger partial charge in [0.25, 0.3) is 5.91 Å². The molecule has 2 N–H and O–H groups in total. The summed E-state index contributed by atoms with van der Waals surface area (Å²) in [6, 6.07) is 14.8. The molecule has 1 heterocycles. The smallest absolute Gasteiger partial charge is 0.257 e. The lowest BCUT2D eigenvalue weighted by Crippen LogP contribution is -2.12. The van der Waals surface area contributed by atoms with E-state index in [0.717, 1.165) is 22.5 Å². The van der Waals surface area contributed by atoms with Gasteiger partial charge in [-0.2, -0.15) is 0 Å². The fourth-order valence-corrected chi connectivity index (χ4v) is 2.87. The van der Waals surface area contributed by atoms with Crippen LogP contribution in [0.4, 0.5) is 17.1 Å². The number of aromatic nitrogens is 1. The number of nitrogens with zero attached hydrogens (tertiary/aromatic N) is 1. The van der Waals surface area contributed by atoms with Gasteiger partial charge in [0.1, 0.15) is 0 Å². The van der Waals surface area contributed by atoms with Crippen LogP contribution < -0.4 is 10.6 Å². The van der Waals surface area contributed by atoms with Crippen LogP contribution >= 0.6 is 0 Å². The van der Waals surface area contributed by atoms with Gasteiger partial charge >= 0.3 is 0 Å². The highest BCUT2D eigenvalue weighted by atomic mass is 16.1. The summed E-state index contributed by atoms with van der Waals surface area (Å²) in [5.41, 5.74) is 5.43. The number of carbonyl (C=O) groups excluding carboxylic acids is 2. The van der Waals surface area contributed by atoms with Gasteiger partial charge in [0, 0.05) is 23.1 Å². The van der Waals surface area contributed by atoms with E-state index in [1.54, 1.807) is 24.4 Å². The molecule has 0 saturated heterocycles. The van der Waals surface area contributed by atoms with Crippen LogP contribution in [-0.4, -0.2) is 16.7 Å². The number of benzene rings is 2. The lowest BCUT2D eigenvalue weighted by molar-refractivity contribution is 0.101. The number of hydrogen-bond donors (Lipinski definition) is 2. The van der Waals surface area contributed by atoms with Crippen LogP contribution in [0.15, 0.2) is 60.9 Å². The van der Waals surface area contributed by atoms with Gasteiger partial charge in [-0.1, -0.05) is 18.2 Å². The van der Waals surface area contributed by atoms with E-state index in [1.165, 1.54) is 13.1 Å². The fourth-order valence-electron chi connectivity index (χ4n) is 2.87. The van der Waals surface area contributed by atoms with E-state index in [1.807, 2.05) is 38.1 Å². The predicted octanol–water partition coefficient (Wildman–Crippen LogP) is 4.90. The van der Waals surface area contributed by atoms with Crippen molar-refractivity contribution in [2.24, 2.45) is 0 Å². The molecular weight excluding hydrogens is 338 g/mol. The number of hydrogen-bond acceptors (Lipinski definition) is 4. The topological polar surface area (TPSA) is 71.1 Å². The number of pyridine rings is 1. The summed E-state index contributed by atoms with van der Waals surface area (Å²) in [5, 5.41) is 6.09. The van der Waals surface area contributed by atoms with Crippen molar-refractivity contribution < 1.29 is 9.59 Å². The number of anilines is 3. The Balaban J connectivity index is 1.77. The van der Waals surface area contributed by atoms with Crippen molar-refractivity contribution in [3.05, 3.63) is 83.2 Å². The Bertz CT molecular complexity index is 992. The van der Waals surface area contributed by atoms with Crippen molar-refractivity contribution in [1.82, 2.24) is 4.98 Å². The number of rotatable bonds is 5. The summed E-state index contributed by atoms with van der Waals surface area (Å²) in [6.07, 6.45) is 3.16. The second-order valence-corrected chi connectivity index (χ2v) is 6.55. The molecule has 3 rings (SSSR count). The molecule has 2 aromatic carbocycles. The fraction of sp³-hybridized carbons (Fsp3) is 0.136. The number of amides is 1. The highest BCUT2D eigenvalue weighted by molar-refractivity contribution is 6.04. The van der Waals surface area contributed by atoms with Crippen LogP contribution in [0.2, 0.25) is 0 Å². The Morgan fingerprint density at radius 1 is 0.815 bits per heavy atom. The zero-order valence-corrected chi connectivity index (χ0v) is 15.5. The van der Waals surface area contributed by atoms with Crippen molar-refractivity contribution in [3.8, 4) is 0 Å². The molecule has 0 bridgehead atoms. The van der Waals surface area contributed by atoms with E-state index in [9.17, 15) is 9.59 Å². The predicted molar refractivity (Wildman–Crippen MR) is 108 cm³/mol. The second-order valence-electron chi connectivity index (χ2n) is 6.55. The zero-order valence-electron chi connectivity index (χ0n) is 15.5. The SMILES string of the molecule is CC(=O)c1cccc(Nc2cncc(C(=O)Nc3cc(C)cc(C)c3)c2)c1. The molecule has 5 heteroatoms. The van der Waals surface area contributed by atoms with Gasteiger partial charge < -0.3 is 10.6 Å². The first-order chi connectivity index (χ1) is 12.9. The average molecular weight is 359 g/mol. The van der Waals surface area contributed by atoms with Crippen LogP contribution in [0.1, 0.15) is 38.8 Å². The third-order valence-electron chi connectivity index (χ3n) is 4.04. The van der Waals surface area contributed by atoms with E-state index >= 15 is 0 Å². The van der Waals surface area contributed by atoms with Crippen LogP contribution in [0, 0.1) is 13.8 Å². The van der Waals surface area contributed by atoms with Crippen LogP contribution in [-0.2, 0) is 0 Å².